The standard InChI is InChI=1S/C24H24Br2N2O2S/c1-2-16-8-6-7-11-20(16)27-24-28(17-9-4-3-5-10-17)23(30)21(31-24)14-15-12-18(25)22(29)19(26)13-15/h6-8,11-14,17,29H,2-5,9-10H2,1H3/b21-14+,27-24?. The fraction of sp³-hybridized carbons (Fsp3) is 0.333. The number of aliphatic imine (C=N–C) groups is 1. The van der Waals surface area contributed by atoms with Gasteiger partial charge < -0.3 is 5.11 Å². The SMILES string of the molecule is CCc1ccccc1N=C1S/C(=C/c2cc(Br)c(O)c(Br)c2)C(=O)N1C1CCCCC1. The zero-order valence-electron chi connectivity index (χ0n) is 17.3. The van der Waals surface area contributed by atoms with Gasteiger partial charge in [-0.2, -0.15) is 0 Å². The van der Waals surface area contributed by atoms with Gasteiger partial charge in [-0.15, -0.1) is 0 Å². The van der Waals surface area contributed by atoms with E-state index in [4.69, 9.17) is 4.99 Å². The highest BCUT2D eigenvalue weighted by molar-refractivity contribution is 9.11. The number of carbonyl (C=O) groups excluding carboxylic acids is 1. The van der Waals surface area contributed by atoms with Crippen molar-refractivity contribution in [2.75, 3.05) is 0 Å². The monoisotopic (exact) mass is 562 g/mol. The number of halogens is 2. The smallest absolute Gasteiger partial charge is 0.267 e. The van der Waals surface area contributed by atoms with Crippen LogP contribution in [0, 0.1) is 0 Å². The number of benzene rings is 2. The molecule has 1 N–H and O–H groups in total. The quantitative estimate of drug-likeness (QED) is 0.394. The van der Waals surface area contributed by atoms with E-state index in [0.29, 0.717) is 13.9 Å². The second-order valence-corrected chi connectivity index (χ2v) is 10.5. The lowest BCUT2D eigenvalue weighted by Gasteiger charge is -2.30. The maximum Gasteiger partial charge on any atom is 0.267 e. The van der Waals surface area contributed by atoms with Crippen molar-refractivity contribution in [3.8, 4) is 5.75 Å². The lowest BCUT2D eigenvalue weighted by Crippen LogP contribution is -2.40. The summed E-state index contributed by atoms with van der Waals surface area (Å²) >= 11 is 8.19. The molecule has 1 heterocycles. The summed E-state index contributed by atoms with van der Waals surface area (Å²) in [5.74, 6) is 0.166. The molecule has 1 aliphatic carbocycles. The van der Waals surface area contributed by atoms with Gasteiger partial charge in [0.15, 0.2) is 5.17 Å². The summed E-state index contributed by atoms with van der Waals surface area (Å²) in [6.07, 6.45) is 8.34. The molecule has 1 amide bonds. The molecule has 0 spiro atoms. The van der Waals surface area contributed by atoms with E-state index in [1.807, 2.05) is 41.3 Å². The first-order valence-electron chi connectivity index (χ1n) is 10.6. The Morgan fingerprint density at radius 1 is 1.16 bits per heavy atom. The van der Waals surface area contributed by atoms with Crippen LogP contribution in [0.3, 0.4) is 0 Å². The van der Waals surface area contributed by atoms with Crippen LogP contribution in [0.5, 0.6) is 5.75 Å². The topological polar surface area (TPSA) is 52.9 Å². The Bertz CT molecular complexity index is 1040. The molecule has 2 aromatic rings. The zero-order valence-corrected chi connectivity index (χ0v) is 21.3. The fourth-order valence-corrected chi connectivity index (χ4v) is 6.34. The first-order chi connectivity index (χ1) is 15.0. The predicted molar refractivity (Wildman–Crippen MR) is 136 cm³/mol. The Morgan fingerprint density at radius 3 is 2.52 bits per heavy atom. The number of aryl methyl sites for hydroxylation is 1. The number of carbonyl (C=O) groups is 1. The minimum Gasteiger partial charge on any atom is -0.506 e. The van der Waals surface area contributed by atoms with Gasteiger partial charge in [0, 0.05) is 6.04 Å². The van der Waals surface area contributed by atoms with Gasteiger partial charge in [-0.25, -0.2) is 4.99 Å². The Balaban J connectivity index is 1.74. The lowest BCUT2D eigenvalue weighted by molar-refractivity contribution is -0.124. The van der Waals surface area contributed by atoms with Crippen molar-refractivity contribution >= 4 is 66.5 Å². The summed E-state index contributed by atoms with van der Waals surface area (Å²) in [7, 11) is 0. The number of amidine groups is 1. The molecule has 0 unspecified atom stereocenters. The van der Waals surface area contributed by atoms with E-state index < -0.39 is 0 Å². The highest BCUT2D eigenvalue weighted by Crippen LogP contribution is 2.40. The predicted octanol–water partition coefficient (Wildman–Crippen LogP) is 7.42. The third kappa shape index (κ3) is 4.94. The molecular formula is C24H24Br2N2O2S. The summed E-state index contributed by atoms with van der Waals surface area (Å²) in [6.45, 7) is 2.12. The second-order valence-electron chi connectivity index (χ2n) is 7.79. The van der Waals surface area contributed by atoms with Crippen molar-refractivity contribution in [3.63, 3.8) is 0 Å². The molecule has 0 aromatic heterocycles. The van der Waals surface area contributed by atoms with Crippen LogP contribution in [0.2, 0.25) is 0 Å². The number of thioether (sulfide) groups is 1. The van der Waals surface area contributed by atoms with Crippen LogP contribution in [-0.4, -0.2) is 27.1 Å². The Kier molecular flexibility index (Phi) is 7.24. The number of phenolic OH excluding ortho intramolecular Hbond substituents is 1. The fourth-order valence-electron chi connectivity index (χ4n) is 4.07. The number of nitrogens with zero attached hydrogens (tertiary/aromatic N) is 2. The number of amides is 1. The van der Waals surface area contributed by atoms with E-state index in [2.05, 4.69) is 44.8 Å². The molecule has 4 nitrogen and oxygen atoms in total. The Morgan fingerprint density at radius 2 is 1.84 bits per heavy atom. The molecule has 1 aliphatic heterocycles. The molecule has 162 valence electrons. The molecule has 2 aliphatic rings. The van der Waals surface area contributed by atoms with Gasteiger partial charge in [0.25, 0.3) is 5.91 Å². The van der Waals surface area contributed by atoms with Gasteiger partial charge in [-0.3, -0.25) is 9.69 Å². The number of phenols is 1. The molecular weight excluding hydrogens is 540 g/mol. The van der Waals surface area contributed by atoms with Gasteiger partial charge in [0.05, 0.1) is 19.5 Å². The molecule has 2 fully saturated rings. The zero-order chi connectivity index (χ0) is 22.0. The number of hydrogen-bond acceptors (Lipinski definition) is 4. The van der Waals surface area contributed by atoms with Crippen molar-refractivity contribution in [1.29, 1.82) is 0 Å². The van der Waals surface area contributed by atoms with Crippen molar-refractivity contribution in [3.05, 3.63) is 61.4 Å². The number of rotatable bonds is 4. The van der Waals surface area contributed by atoms with Gasteiger partial charge in [-0.05, 0) is 98.3 Å². The molecule has 1 saturated heterocycles. The molecule has 7 heteroatoms. The summed E-state index contributed by atoms with van der Waals surface area (Å²) in [5.41, 5.74) is 2.94. The summed E-state index contributed by atoms with van der Waals surface area (Å²) in [5, 5.41) is 10.8. The van der Waals surface area contributed by atoms with Crippen LogP contribution in [0.15, 0.2) is 55.2 Å². The van der Waals surface area contributed by atoms with Crippen molar-refractivity contribution in [1.82, 2.24) is 4.90 Å². The van der Waals surface area contributed by atoms with E-state index in [1.165, 1.54) is 23.7 Å². The van der Waals surface area contributed by atoms with E-state index in [9.17, 15) is 9.90 Å². The molecule has 0 radical (unpaired) electrons. The van der Waals surface area contributed by atoms with Crippen molar-refractivity contribution in [2.24, 2.45) is 4.99 Å². The third-order valence-electron chi connectivity index (χ3n) is 5.70. The average molecular weight is 564 g/mol. The maximum atomic E-state index is 13.5. The molecule has 4 rings (SSSR count). The number of para-hydroxylation sites is 1. The van der Waals surface area contributed by atoms with Crippen LogP contribution in [0.25, 0.3) is 6.08 Å². The van der Waals surface area contributed by atoms with Gasteiger partial charge in [-0.1, -0.05) is 44.4 Å². The van der Waals surface area contributed by atoms with Gasteiger partial charge >= 0.3 is 0 Å². The van der Waals surface area contributed by atoms with Crippen LogP contribution in [0.4, 0.5) is 5.69 Å². The normalized spacial score (nSPS) is 20.2. The first kappa shape index (κ1) is 22.6. The van der Waals surface area contributed by atoms with Gasteiger partial charge in [0.1, 0.15) is 5.75 Å². The highest BCUT2D eigenvalue weighted by atomic mass is 79.9. The Hall–Kier alpha value is -1.57. The van der Waals surface area contributed by atoms with Crippen molar-refractivity contribution in [2.45, 2.75) is 51.5 Å². The van der Waals surface area contributed by atoms with Crippen molar-refractivity contribution < 1.29 is 9.90 Å². The number of aromatic hydroxyl groups is 1. The molecule has 1 saturated carbocycles. The van der Waals surface area contributed by atoms with E-state index in [1.54, 1.807) is 0 Å². The van der Waals surface area contributed by atoms with Crippen LogP contribution >= 0.6 is 43.6 Å². The first-order valence-corrected chi connectivity index (χ1v) is 13.0. The van der Waals surface area contributed by atoms with Crippen LogP contribution in [0.1, 0.15) is 50.2 Å². The highest BCUT2D eigenvalue weighted by Gasteiger charge is 2.38. The van der Waals surface area contributed by atoms with Gasteiger partial charge in [0.2, 0.25) is 0 Å². The maximum absolute atomic E-state index is 13.5. The molecule has 0 atom stereocenters. The minimum absolute atomic E-state index is 0.0185. The second kappa shape index (κ2) is 9.92. The average Bonchev–Trinajstić information content (AvgIpc) is 3.07. The minimum atomic E-state index is 0.0185. The van der Waals surface area contributed by atoms with E-state index in [-0.39, 0.29) is 17.7 Å². The van der Waals surface area contributed by atoms with Crippen LogP contribution < -0.4 is 0 Å². The molecule has 31 heavy (non-hydrogen) atoms. The third-order valence-corrected chi connectivity index (χ3v) is 7.89. The molecule has 0 bridgehead atoms. The summed E-state index contributed by atoms with van der Waals surface area (Å²) in [6, 6.07) is 12.0. The van der Waals surface area contributed by atoms with Crippen LogP contribution in [-0.2, 0) is 11.2 Å². The summed E-state index contributed by atoms with van der Waals surface area (Å²) < 4.78 is 1.16. The molecule has 2 aromatic carbocycles. The number of hydrogen-bond donors (Lipinski definition) is 1. The largest absolute Gasteiger partial charge is 0.506 e. The van der Waals surface area contributed by atoms with E-state index in [0.717, 1.165) is 48.5 Å². The van der Waals surface area contributed by atoms with E-state index >= 15 is 0 Å². The summed E-state index contributed by atoms with van der Waals surface area (Å²) in [4.78, 5) is 21.0. The Labute approximate surface area is 204 Å². The lowest BCUT2D eigenvalue weighted by atomic mass is 9.94.